The van der Waals surface area contributed by atoms with E-state index in [1.165, 1.54) is 10.6 Å². The lowest BCUT2D eigenvalue weighted by molar-refractivity contribution is -0.120. The van der Waals surface area contributed by atoms with Crippen molar-refractivity contribution < 1.29 is 4.79 Å². The molecular formula is C14H19N3OS. The Hall–Kier alpha value is -1.20. The molecule has 0 saturated heterocycles. The second-order valence-electron chi connectivity index (χ2n) is 5.35. The zero-order valence-electron chi connectivity index (χ0n) is 11.2. The summed E-state index contributed by atoms with van der Waals surface area (Å²) in [6, 6.07) is 0. The number of hydrogen-bond acceptors (Lipinski definition) is 4. The number of thiazole rings is 1. The van der Waals surface area contributed by atoms with Crippen LogP contribution in [0.15, 0.2) is 12.2 Å². The van der Waals surface area contributed by atoms with Crippen molar-refractivity contribution in [3.63, 3.8) is 0 Å². The summed E-state index contributed by atoms with van der Waals surface area (Å²) < 4.78 is 0. The Labute approximate surface area is 117 Å². The van der Waals surface area contributed by atoms with Crippen LogP contribution in [0.4, 0.5) is 5.13 Å². The number of carbonyl (C=O) groups excluding carboxylic acids is 1. The molecule has 1 amide bonds. The highest BCUT2D eigenvalue weighted by Crippen LogP contribution is 2.28. The second kappa shape index (κ2) is 5.43. The summed E-state index contributed by atoms with van der Waals surface area (Å²) in [6.45, 7) is 2.01. The van der Waals surface area contributed by atoms with Crippen molar-refractivity contribution >= 4 is 22.4 Å². The summed E-state index contributed by atoms with van der Waals surface area (Å²) in [6.07, 6.45) is 8.08. The Morgan fingerprint density at radius 3 is 3.21 bits per heavy atom. The van der Waals surface area contributed by atoms with Gasteiger partial charge in [-0.05, 0) is 26.3 Å². The van der Waals surface area contributed by atoms with Crippen LogP contribution in [-0.4, -0.2) is 29.4 Å². The molecule has 1 aliphatic carbocycles. The van der Waals surface area contributed by atoms with Crippen LogP contribution in [-0.2, 0) is 17.8 Å². The quantitative estimate of drug-likeness (QED) is 0.844. The van der Waals surface area contributed by atoms with Crippen LogP contribution in [0.5, 0.6) is 0 Å². The number of aromatic nitrogens is 1. The lowest BCUT2D eigenvalue weighted by atomic mass is 9.94. The van der Waals surface area contributed by atoms with E-state index in [0.717, 1.165) is 43.9 Å². The third kappa shape index (κ3) is 2.87. The van der Waals surface area contributed by atoms with E-state index in [9.17, 15) is 4.79 Å². The Bertz CT molecular complexity index is 509. The monoisotopic (exact) mass is 277 g/mol. The van der Waals surface area contributed by atoms with Gasteiger partial charge in [0.15, 0.2) is 5.13 Å². The first-order valence-corrected chi connectivity index (χ1v) is 7.67. The van der Waals surface area contributed by atoms with Gasteiger partial charge >= 0.3 is 0 Å². The maximum atomic E-state index is 12.2. The zero-order valence-corrected chi connectivity index (χ0v) is 12.0. The van der Waals surface area contributed by atoms with Crippen molar-refractivity contribution in [2.45, 2.75) is 32.2 Å². The van der Waals surface area contributed by atoms with Gasteiger partial charge in [0, 0.05) is 30.3 Å². The first kappa shape index (κ1) is 12.8. The highest BCUT2D eigenvalue weighted by molar-refractivity contribution is 7.15. The van der Waals surface area contributed by atoms with Crippen molar-refractivity contribution in [3.8, 4) is 0 Å². The molecule has 1 aromatic rings. The maximum absolute atomic E-state index is 12.2. The number of hydrogen-bond donors (Lipinski definition) is 1. The first-order valence-electron chi connectivity index (χ1n) is 6.85. The van der Waals surface area contributed by atoms with Gasteiger partial charge in [-0.25, -0.2) is 4.98 Å². The van der Waals surface area contributed by atoms with E-state index in [1.807, 2.05) is 0 Å². The van der Waals surface area contributed by atoms with Gasteiger partial charge in [-0.2, -0.15) is 0 Å². The molecule has 1 aromatic heterocycles. The molecule has 19 heavy (non-hydrogen) atoms. The molecule has 2 aliphatic rings. The smallest absolute Gasteiger partial charge is 0.229 e. The normalized spacial score (nSPS) is 23.1. The van der Waals surface area contributed by atoms with Crippen LogP contribution in [0.3, 0.4) is 0 Å². The molecule has 0 radical (unpaired) electrons. The summed E-state index contributed by atoms with van der Waals surface area (Å²) in [5.74, 6) is 0.248. The van der Waals surface area contributed by atoms with Crippen molar-refractivity contribution in [2.24, 2.45) is 5.92 Å². The Kier molecular flexibility index (Phi) is 3.66. The number of allylic oxidation sites excluding steroid dienone is 2. The molecule has 4 nitrogen and oxygen atoms in total. The van der Waals surface area contributed by atoms with Gasteiger partial charge in [-0.15, -0.1) is 11.3 Å². The minimum atomic E-state index is 0.119. The first-order chi connectivity index (χ1) is 9.22. The van der Waals surface area contributed by atoms with Gasteiger partial charge in [0.2, 0.25) is 5.91 Å². The maximum Gasteiger partial charge on any atom is 0.229 e. The minimum absolute atomic E-state index is 0.119. The van der Waals surface area contributed by atoms with E-state index < -0.39 is 0 Å². The van der Waals surface area contributed by atoms with Crippen molar-refractivity contribution in [2.75, 3.05) is 18.9 Å². The third-order valence-electron chi connectivity index (χ3n) is 3.79. The van der Waals surface area contributed by atoms with Crippen molar-refractivity contribution in [1.29, 1.82) is 0 Å². The Morgan fingerprint density at radius 1 is 1.53 bits per heavy atom. The largest absolute Gasteiger partial charge is 0.302 e. The van der Waals surface area contributed by atoms with E-state index in [2.05, 4.69) is 34.4 Å². The number of fused-ring (bicyclic) bond motifs is 1. The van der Waals surface area contributed by atoms with Gasteiger partial charge in [0.25, 0.3) is 0 Å². The lowest BCUT2D eigenvalue weighted by Gasteiger charge is -2.20. The van der Waals surface area contributed by atoms with Crippen LogP contribution in [0.25, 0.3) is 0 Å². The molecule has 2 heterocycles. The van der Waals surface area contributed by atoms with Gasteiger partial charge < -0.3 is 10.2 Å². The summed E-state index contributed by atoms with van der Waals surface area (Å²) >= 11 is 1.63. The van der Waals surface area contributed by atoms with E-state index in [-0.39, 0.29) is 11.8 Å². The van der Waals surface area contributed by atoms with Crippen molar-refractivity contribution in [1.82, 2.24) is 9.88 Å². The predicted octanol–water partition coefficient (Wildman–Crippen LogP) is 2.43. The molecule has 0 bridgehead atoms. The lowest BCUT2D eigenvalue weighted by Crippen LogP contribution is -2.25. The molecule has 5 heteroatoms. The van der Waals surface area contributed by atoms with Crippen molar-refractivity contribution in [3.05, 3.63) is 22.7 Å². The fraction of sp³-hybridized carbons (Fsp3) is 0.571. The average Bonchev–Trinajstić information content (AvgIpc) is 2.81. The van der Waals surface area contributed by atoms with E-state index >= 15 is 0 Å². The average molecular weight is 277 g/mol. The number of likely N-dealkylation sites (N-methyl/N-ethyl adjacent to an activating group) is 1. The molecule has 0 aromatic carbocycles. The van der Waals surface area contributed by atoms with Crippen LogP contribution < -0.4 is 5.32 Å². The number of rotatable bonds is 2. The molecule has 0 fully saturated rings. The van der Waals surface area contributed by atoms with Gasteiger partial charge in [-0.1, -0.05) is 12.2 Å². The molecule has 102 valence electrons. The molecule has 0 saturated carbocycles. The van der Waals surface area contributed by atoms with Crippen LogP contribution in [0.2, 0.25) is 0 Å². The zero-order chi connectivity index (χ0) is 13.2. The number of anilines is 1. The van der Waals surface area contributed by atoms with Crippen LogP contribution >= 0.6 is 11.3 Å². The van der Waals surface area contributed by atoms with Gasteiger partial charge in [0.05, 0.1) is 5.69 Å². The topological polar surface area (TPSA) is 45.2 Å². The highest BCUT2D eigenvalue weighted by atomic mass is 32.1. The molecule has 3 rings (SSSR count). The minimum Gasteiger partial charge on any atom is -0.302 e. The fourth-order valence-corrected chi connectivity index (χ4v) is 3.71. The van der Waals surface area contributed by atoms with Crippen LogP contribution in [0.1, 0.15) is 29.8 Å². The summed E-state index contributed by atoms with van der Waals surface area (Å²) in [4.78, 5) is 20.3. The predicted molar refractivity (Wildman–Crippen MR) is 77.3 cm³/mol. The summed E-state index contributed by atoms with van der Waals surface area (Å²) in [7, 11) is 2.12. The van der Waals surface area contributed by atoms with E-state index in [4.69, 9.17) is 0 Å². The van der Waals surface area contributed by atoms with Crippen LogP contribution in [0, 0.1) is 5.92 Å². The number of carbonyl (C=O) groups is 1. The second-order valence-corrected chi connectivity index (χ2v) is 6.43. The summed E-state index contributed by atoms with van der Waals surface area (Å²) in [5, 5.41) is 3.78. The van der Waals surface area contributed by atoms with E-state index in [0.29, 0.717) is 0 Å². The SMILES string of the molecule is CN1CCc2nc(NC(=O)C3CC=CCC3)sc2C1. The van der Waals surface area contributed by atoms with E-state index in [1.54, 1.807) is 11.3 Å². The molecule has 0 spiro atoms. The standard InChI is InChI=1S/C14H19N3OS/c1-17-8-7-11-12(9-17)19-14(15-11)16-13(18)10-5-3-2-4-6-10/h2-3,10H,4-9H2,1H3,(H,15,16,18). The molecular weight excluding hydrogens is 258 g/mol. The fourth-order valence-electron chi connectivity index (χ4n) is 2.62. The highest BCUT2D eigenvalue weighted by Gasteiger charge is 2.22. The number of nitrogens with one attached hydrogen (secondary N) is 1. The Balaban J connectivity index is 1.67. The third-order valence-corrected chi connectivity index (χ3v) is 4.79. The number of amides is 1. The number of nitrogens with zero attached hydrogens (tertiary/aromatic N) is 2. The molecule has 1 unspecified atom stereocenters. The summed E-state index contributed by atoms with van der Waals surface area (Å²) in [5.41, 5.74) is 1.17. The molecule has 1 aliphatic heterocycles. The van der Waals surface area contributed by atoms with Gasteiger partial charge in [-0.3, -0.25) is 4.79 Å². The molecule has 1 N–H and O–H groups in total. The molecule has 1 atom stereocenters. The Morgan fingerprint density at radius 2 is 2.42 bits per heavy atom. The van der Waals surface area contributed by atoms with Gasteiger partial charge in [0.1, 0.15) is 0 Å².